The monoisotopic (exact) mass is 265 g/mol. The van der Waals surface area contributed by atoms with Crippen molar-refractivity contribution in [1.29, 1.82) is 0 Å². The van der Waals surface area contributed by atoms with Gasteiger partial charge in [-0.05, 0) is 31.4 Å². The van der Waals surface area contributed by atoms with Gasteiger partial charge >= 0.3 is 5.97 Å². The first-order chi connectivity index (χ1) is 9.10. The van der Waals surface area contributed by atoms with Gasteiger partial charge < -0.3 is 19.2 Å². The van der Waals surface area contributed by atoms with Crippen molar-refractivity contribution >= 4 is 11.9 Å². The molecule has 0 unspecified atom stereocenters. The molecule has 102 valence electrons. The van der Waals surface area contributed by atoms with E-state index in [-0.39, 0.29) is 23.0 Å². The number of ether oxygens (including phenoxy) is 1. The van der Waals surface area contributed by atoms with Crippen LogP contribution in [0.25, 0.3) is 0 Å². The second-order valence-electron chi connectivity index (χ2n) is 5.08. The van der Waals surface area contributed by atoms with Gasteiger partial charge in [-0.3, -0.25) is 4.79 Å². The molecule has 1 aliphatic carbocycles. The number of furan rings is 1. The lowest BCUT2D eigenvalue weighted by atomic mass is 9.79. The van der Waals surface area contributed by atoms with Crippen LogP contribution in [0.2, 0.25) is 0 Å². The van der Waals surface area contributed by atoms with Crippen molar-refractivity contribution in [3.8, 4) is 0 Å². The highest BCUT2D eigenvalue weighted by molar-refractivity contribution is 5.93. The Kier molecular flexibility index (Phi) is 2.82. The highest BCUT2D eigenvalue weighted by atomic mass is 16.5. The number of hydrogen-bond acceptors (Lipinski definition) is 4. The zero-order valence-electron chi connectivity index (χ0n) is 10.4. The number of carbonyl (C=O) groups is 2. The second kappa shape index (κ2) is 4.38. The van der Waals surface area contributed by atoms with Gasteiger partial charge in [0, 0.05) is 6.54 Å². The molecular weight excluding hydrogens is 250 g/mol. The van der Waals surface area contributed by atoms with Crippen LogP contribution < -0.4 is 0 Å². The van der Waals surface area contributed by atoms with Gasteiger partial charge in [-0.25, -0.2) is 4.79 Å². The number of rotatable bonds is 2. The maximum atomic E-state index is 12.2. The summed E-state index contributed by atoms with van der Waals surface area (Å²) >= 11 is 0. The highest BCUT2D eigenvalue weighted by Crippen LogP contribution is 2.38. The molecule has 0 radical (unpaired) electrons. The molecule has 3 rings (SSSR count). The standard InChI is InChI=1S/C13H15NO5/c15-11(9-2-3-10(19-9)12(16)17)14-6-7-18-13(8-14)4-1-5-13/h2-3H,1,4-8H2,(H,16,17). The van der Waals surface area contributed by atoms with Crippen molar-refractivity contribution in [2.75, 3.05) is 19.7 Å². The number of carboxylic acids is 1. The van der Waals surface area contributed by atoms with Crippen LogP contribution in [0.4, 0.5) is 0 Å². The fourth-order valence-electron chi connectivity index (χ4n) is 2.62. The van der Waals surface area contributed by atoms with Crippen LogP contribution in [0, 0.1) is 0 Å². The third-order valence-corrected chi connectivity index (χ3v) is 3.83. The minimum Gasteiger partial charge on any atom is -0.475 e. The topological polar surface area (TPSA) is 80.0 Å². The third-order valence-electron chi connectivity index (χ3n) is 3.83. The van der Waals surface area contributed by atoms with Crippen molar-refractivity contribution < 1.29 is 23.8 Å². The van der Waals surface area contributed by atoms with Crippen LogP contribution in [0.15, 0.2) is 16.5 Å². The molecule has 0 bridgehead atoms. The summed E-state index contributed by atoms with van der Waals surface area (Å²) in [4.78, 5) is 24.7. The zero-order valence-corrected chi connectivity index (χ0v) is 10.4. The predicted octanol–water partition coefficient (Wildman–Crippen LogP) is 1.37. The van der Waals surface area contributed by atoms with Gasteiger partial charge in [0.2, 0.25) is 5.76 Å². The molecule has 6 nitrogen and oxygen atoms in total. The molecular formula is C13H15NO5. The summed E-state index contributed by atoms with van der Waals surface area (Å²) in [6.07, 6.45) is 3.09. The van der Waals surface area contributed by atoms with E-state index in [2.05, 4.69) is 0 Å². The number of nitrogens with zero attached hydrogens (tertiary/aromatic N) is 1. The van der Waals surface area contributed by atoms with Gasteiger partial charge in [0.1, 0.15) is 0 Å². The van der Waals surface area contributed by atoms with E-state index in [0.717, 1.165) is 19.3 Å². The van der Waals surface area contributed by atoms with Crippen molar-refractivity contribution in [3.05, 3.63) is 23.7 Å². The lowest BCUT2D eigenvalue weighted by Crippen LogP contribution is -2.57. The summed E-state index contributed by atoms with van der Waals surface area (Å²) in [7, 11) is 0. The second-order valence-corrected chi connectivity index (χ2v) is 5.08. The summed E-state index contributed by atoms with van der Waals surface area (Å²) in [6.45, 7) is 1.61. The Bertz CT molecular complexity index is 517. The summed E-state index contributed by atoms with van der Waals surface area (Å²) in [6, 6.07) is 2.71. The van der Waals surface area contributed by atoms with Crippen molar-refractivity contribution in [2.24, 2.45) is 0 Å². The molecule has 1 aromatic rings. The maximum Gasteiger partial charge on any atom is 0.371 e. The van der Waals surface area contributed by atoms with Gasteiger partial charge in [-0.1, -0.05) is 0 Å². The lowest BCUT2D eigenvalue weighted by molar-refractivity contribution is -0.142. The van der Waals surface area contributed by atoms with E-state index < -0.39 is 5.97 Å². The largest absolute Gasteiger partial charge is 0.475 e. The van der Waals surface area contributed by atoms with Crippen molar-refractivity contribution in [1.82, 2.24) is 4.90 Å². The fraction of sp³-hybridized carbons (Fsp3) is 0.538. The molecule has 1 aliphatic heterocycles. The average molecular weight is 265 g/mol. The molecule has 19 heavy (non-hydrogen) atoms. The Hall–Kier alpha value is -1.82. The van der Waals surface area contributed by atoms with Crippen LogP contribution in [0.3, 0.4) is 0 Å². The smallest absolute Gasteiger partial charge is 0.371 e. The van der Waals surface area contributed by atoms with Crippen LogP contribution >= 0.6 is 0 Å². The summed E-state index contributed by atoms with van der Waals surface area (Å²) in [5, 5.41) is 8.78. The molecule has 2 fully saturated rings. The Labute approximate surface area is 109 Å². The molecule has 1 N–H and O–H groups in total. The minimum atomic E-state index is -1.17. The van der Waals surface area contributed by atoms with Crippen LogP contribution in [0.1, 0.15) is 40.4 Å². The predicted molar refractivity (Wildman–Crippen MR) is 64.1 cm³/mol. The first kappa shape index (κ1) is 12.2. The summed E-state index contributed by atoms with van der Waals surface area (Å²) in [5.41, 5.74) is -0.171. The molecule has 1 aromatic heterocycles. The van der Waals surface area contributed by atoms with E-state index in [9.17, 15) is 9.59 Å². The number of morpholine rings is 1. The Balaban J connectivity index is 1.73. The molecule has 2 heterocycles. The van der Waals surface area contributed by atoms with E-state index in [1.165, 1.54) is 12.1 Å². The van der Waals surface area contributed by atoms with Gasteiger partial charge in [0.25, 0.3) is 5.91 Å². The number of aromatic carboxylic acids is 1. The first-order valence-electron chi connectivity index (χ1n) is 6.36. The molecule has 6 heteroatoms. The third kappa shape index (κ3) is 2.12. The van der Waals surface area contributed by atoms with Gasteiger partial charge in [0.15, 0.2) is 5.76 Å². The molecule has 2 aliphatic rings. The first-order valence-corrected chi connectivity index (χ1v) is 6.36. The Morgan fingerprint density at radius 1 is 1.26 bits per heavy atom. The van der Waals surface area contributed by atoms with Crippen molar-refractivity contribution in [2.45, 2.75) is 24.9 Å². The molecule has 1 saturated heterocycles. The Morgan fingerprint density at radius 3 is 2.58 bits per heavy atom. The normalized spacial score (nSPS) is 21.2. The van der Waals surface area contributed by atoms with E-state index in [0.29, 0.717) is 19.7 Å². The zero-order chi connectivity index (χ0) is 13.5. The molecule has 1 spiro atoms. The van der Waals surface area contributed by atoms with Crippen LogP contribution in [-0.4, -0.2) is 47.2 Å². The SMILES string of the molecule is O=C(O)c1ccc(C(=O)N2CCOC3(CCC3)C2)o1. The van der Waals surface area contributed by atoms with Crippen LogP contribution in [-0.2, 0) is 4.74 Å². The highest BCUT2D eigenvalue weighted by Gasteiger charge is 2.43. The van der Waals surface area contributed by atoms with Gasteiger partial charge in [0.05, 0.1) is 18.8 Å². The Morgan fingerprint density at radius 2 is 2.00 bits per heavy atom. The van der Waals surface area contributed by atoms with Gasteiger partial charge in [-0.2, -0.15) is 0 Å². The molecule has 1 amide bonds. The average Bonchev–Trinajstić information content (AvgIpc) is 2.86. The summed E-state index contributed by atoms with van der Waals surface area (Å²) in [5.74, 6) is -1.57. The van der Waals surface area contributed by atoms with E-state index >= 15 is 0 Å². The number of hydrogen-bond donors (Lipinski definition) is 1. The fourth-order valence-corrected chi connectivity index (χ4v) is 2.62. The van der Waals surface area contributed by atoms with Gasteiger partial charge in [-0.15, -0.1) is 0 Å². The van der Waals surface area contributed by atoms with E-state index in [1.807, 2.05) is 0 Å². The van der Waals surface area contributed by atoms with Crippen LogP contribution in [0.5, 0.6) is 0 Å². The molecule has 0 aromatic carbocycles. The van der Waals surface area contributed by atoms with E-state index in [4.69, 9.17) is 14.3 Å². The number of amides is 1. The maximum absolute atomic E-state index is 12.2. The minimum absolute atomic E-state index is 0.0776. The molecule has 1 saturated carbocycles. The quantitative estimate of drug-likeness (QED) is 0.873. The number of carbonyl (C=O) groups excluding carboxylic acids is 1. The lowest BCUT2D eigenvalue weighted by Gasteiger charge is -2.48. The summed E-state index contributed by atoms with van der Waals surface area (Å²) < 4.78 is 10.8. The van der Waals surface area contributed by atoms with E-state index in [1.54, 1.807) is 4.90 Å². The number of carboxylic acid groups (broad SMARTS) is 1. The molecule has 0 atom stereocenters. The van der Waals surface area contributed by atoms with Crippen molar-refractivity contribution in [3.63, 3.8) is 0 Å².